The summed E-state index contributed by atoms with van der Waals surface area (Å²) >= 11 is 7.61. The fourth-order valence-corrected chi connectivity index (χ4v) is 3.53. The Balaban J connectivity index is 0.00000243. The van der Waals surface area contributed by atoms with E-state index in [1.165, 1.54) is 0 Å². The van der Waals surface area contributed by atoms with Crippen LogP contribution < -0.4 is 9.54 Å². The first kappa shape index (κ1) is 20.5. The van der Waals surface area contributed by atoms with Crippen LogP contribution in [0.2, 0.25) is 5.02 Å². The Hall–Kier alpha value is -1.82. The fourth-order valence-electron chi connectivity index (χ4n) is 2.47. The standard InChI is InChI=1S/C20H19ClN2OS.BrH/c1-3-13-23-19(15-5-7-16(21)8-6-15)14-25-20(23)22-17-9-11-18(12-10-17)24-4-2;/h3,5-12,14H,1,4,13H2,2H3;1H. The molecule has 0 aliphatic heterocycles. The number of nitrogens with zero attached hydrogens (tertiary/aromatic N) is 2. The molecule has 0 fully saturated rings. The second-order valence-electron chi connectivity index (χ2n) is 5.35. The van der Waals surface area contributed by atoms with Gasteiger partial charge in [0, 0.05) is 16.9 Å². The lowest BCUT2D eigenvalue weighted by Gasteiger charge is -2.07. The third kappa shape index (κ3) is 4.87. The second kappa shape index (κ2) is 9.76. The molecule has 0 aliphatic rings. The van der Waals surface area contributed by atoms with Gasteiger partial charge in [-0.3, -0.25) is 0 Å². The van der Waals surface area contributed by atoms with Gasteiger partial charge in [-0.2, -0.15) is 0 Å². The van der Waals surface area contributed by atoms with Gasteiger partial charge in [0.1, 0.15) is 5.75 Å². The van der Waals surface area contributed by atoms with E-state index in [1.54, 1.807) is 11.3 Å². The summed E-state index contributed by atoms with van der Waals surface area (Å²) in [6, 6.07) is 15.6. The summed E-state index contributed by atoms with van der Waals surface area (Å²) in [5.74, 6) is 0.855. The molecule has 0 bridgehead atoms. The lowest BCUT2D eigenvalue weighted by molar-refractivity contribution is 0.340. The molecule has 0 unspecified atom stereocenters. The van der Waals surface area contributed by atoms with Gasteiger partial charge in [-0.25, -0.2) is 4.99 Å². The Labute approximate surface area is 173 Å². The normalized spacial score (nSPS) is 11.1. The van der Waals surface area contributed by atoms with Gasteiger partial charge < -0.3 is 9.30 Å². The zero-order valence-electron chi connectivity index (χ0n) is 14.4. The van der Waals surface area contributed by atoms with Crippen LogP contribution in [0.25, 0.3) is 11.3 Å². The molecule has 0 aliphatic carbocycles. The predicted molar refractivity (Wildman–Crippen MR) is 116 cm³/mol. The van der Waals surface area contributed by atoms with Crippen LogP contribution in [0, 0.1) is 0 Å². The van der Waals surface area contributed by atoms with Gasteiger partial charge in [0.05, 0.1) is 18.0 Å². The molecule has 0 amide bonds. The number of hydrogen-bond donors (Lipinski definition) is 0. The van der Waals surface area contributed by atoms with E-state index >= 15 is 0 Å². The molecule has 0 saturated heterocycles. The van der Waals surface area contributed by atoms with Crippen LogP contribution in [0.3, 0.4) is 0 Å². The van der Waals surface area contributed by atoms with Gasteiger partial charge in [0.15, 0.2) is 4.80 Å². The molecule has 3 rings (SSSR count). The number of halogens is 2. The third-order valence-electron chi connectivity index (χ3n) is 3.62. The number of aromatic nitrogens is 1. The van der Waals surface area contributed by atoms with E-state index < -0.39 is 0 Å². The third-order valence-corrected chi connectivity index (χ3v) is 4.74. The van der Waals surface area contributed by atoms with Gasteiger partial charge in [-0.15, -0.1) is 34.9 Å². The van der Waals surface area contributed by atoms with Gasteiger partial charge in [0.25, 0.3) is 0 Å². The molecule has 2 aromatic carbocycles. The van der Waals surface area contributed by atoms with Crippen molar-refractivity contribution in [3.63, 3.8) is 0 Å². The van der Waals surface area contributed by atoms with Crippen molar-refractivity contribution in [3.05, 3.63) is 76.4 Å². The maximum absolute atomic E-state index is 6.00. The Bertz CT molecular complexity index is 914. The average molecular weight is 452 g/mol. The summed E-state index contributed by atoms with van der Waals surface area (Å²) in [5, 5.41) is 2.84. The highest BCUT2D eigenvalue weighted by Gasteiger charge is 2.07. The average Bonchev–Trinajstić information content (AvgIpc) is 3.01. The Morgan fingerprint density at radius 2 is 1.85 bits per heavy atom. The summed E-state index contributed by atoms with van der Waals surface area (Å²) in [7, 11) is 0. The van der Waals surface area contributed by atoms with Crippen LogP contribution in [-0.4, -0.2) is 11.2 Å². The van der Waals surface area contributed by atoms with Crippen LogP contribution in [0.4, 0.5) is 5.69 Å². The highest BCUT2D eigenvalue weighted by molar-refractivity contribution is 8.93. The zero-order valence-corrected chi connectivity index (χ0v) is 17.7. The lowest BCUT2D eigenvalue weighted by Crippen LogP contribution is -2.14. The number of ether oxygens (including phenoxy) is 1. The summed E-state index contributed by atoms with van der Waals surface area (Å²) in [6.07, 6.45) is 1.88. The lowest BCUT2D eigenvalue weighted by atomic mass is 10.2. The molecular weight excluding hydrogens is 432 g/mol. The second-order valence-corrected chi connectivity index (χ2v) is 6.62. The van der Waals surface area contributed by atoms with Crippen molar-refractivity contribution >= 4 is 45.6 Å². The topological polar surface area (TPSA) is 26.5 Å². The zero-order chi connectivity index (χ0) is 17.6. The van der Waals surface area contributed by atoms with E-state index in [0.717, 1.165) is 32.5 Å². The number of hydrogen-bond acceptors (Lipinski definition) is 3. The molecule has 0 spiro atoms. The minimum Gasteiger partial charge on any atom is -0.494 e. The smallest absolute Gasteiger partial charge is 0.190 e. The van der Waals surface area contributed by atoms with Crippen molar-refractivity contribution in [2.45, 2.75) is 13.5 Å². The van der Waals surface area contributed by atoms with Crippen molar-refractivity contribution in [2.24, 2.45) is 4.99 Å². The highest BCUT2D eigenvalue weighted by atomic mass is 79.9. The molecule has 0 saturated carbocycles. The quantitative estimate of drug-likeness (QED) is 0.406. The van der Waals surface area contributed by atoms with Crippen LogP contribution in [-0.2, 0) is 6.54 Å². The van der Waals surface area contributed by atoms with Gasteiger partial charge in [-0.05, 0) is 48.9 Å². The van der Waals surface area contributed by atoms with Crippen LogP contribution in [0.5, 0.6) is 5.75 Å². The van der Waals surface area contributed by atoms with E-state index in [1.807, 2.05) is 61.5 Å². The number of allylic oxidation sites excluding steroid dienone is 1. The maximum atomic E-state index is 6.00. The maximum Gasteiger partial charge on any atom is 0.190 e. The van der Waals surface area contributed by atoms with E-state index in [9.17, 15) is 0 Å². The molecular formula is C20H20BrClN2OS. The molecule has 0 radical (unpaired) electrons. The van der Waals surface area contributed by atoms with Gasteiger partial charge >= 0.3 is 0 Å². The molecule has 1 aromatic heterocycles. The van der Waals surface area contributed by atoms with Crippen molar-refractivity contribution in [1.29, 1.82) is 0 Å². The Kier molecular flexibility index (Phi) is 7.69. The predicted octanol–water partition coefficient (Wildman–Crippen LogP) is 6.27. The summed E-state index contributed by atoms with van der Waals surface area (Å²) in [6.45, 7) is 7.19. The van der Waals surface area contributed by atoms with Crippen molar-refractivity contribution in [1.82, 2.24) is 4.57 Å². The van der Waals surface area contributed by atoms with Crippen LogP contribution in [0.1, 0.15) is 6.92 Å². The van der Waals surface area contributed by atoms with E-state index in [-0.39, 0.29) is 17.0 Å². The van der Waals surface area contributed by atoms with Crippen LogP contribution in [0.15, 0.2) is 71.6 Å². The van der Waals surface area contributed by atoms with Gasteiger partial charge in [0.2, 0.25) is 0 Å². The summed E-state index contributed by atoms with van der Waals surface area (Å²) in [5.41, 5.74) is 3.10. The summed E-state index contributed by atoms with van der Waals surface area (Å²) in [4.78, 5) is 5.70. The molecule has 3 nitrogen and oxygen atoms in total. The number of rotatable bonds is 6. The SMILES string of the molecule is Br.C=CCn1c(-c2ccc(Cl)cc2)csc1=Nc1ccc(OCC)cc1. The molecule has 26 heavy (non-hydrogen) atoms. The fraction of sp³-hybridized carbons (Fsp3) is 0.150. The highest BCUT2D eigenvalue weighted by Crippen LogP contribution is 2.23. The monoisotopic (exact) mass is 450 g/mol. The molecule has 0 atom stereocenters. The van der Waals surface area contributed by atoms with Crippen molar-refractivity contribution in [2.75, 3.05) is 6.61 Å². The van der Waals surface area contributed by atoms with Crippen molar-refractivity contribution < 1.29 is 4.74 Å². The van der Waals surface area contributed by atoms with E-state index in [2.05, 4.69) is 16.5 Å². The number of benzene rings is 2. The molecule has 1 heterocycles. The first-order chi connectivity index (χ1) is 12.2. The first-order valence-corrected chi connectivity index (χ1v) is 9.29. The van der Waals surface area contributed by atoms with Gasteiger partial charge in [-0.1, -0.05) is 29.8 Å². The largest absolute Gasteiger partial charge is 0.494 e. The molecule has 136 valence electrons. The van der Waals surface area contributed by atoms with E-state index in [0.29, 0.717) is 13.2 Å². The molecule has 0 N–H and O–H groups in total. The minimum atomic E-state index is 0. The Morgan fingerprint density at radius 3 is 2.46 bits per heavy atom. The molecule has 3 aromatic rings. The number of thiazole rings is 1. The first-order valence-electron chi connectivity index (χ1n) is 8.04. The van der Waals surface area contributed by atoms with E-state index in [4.69, 9.17) is 21.3 Å². The van der Waals surface area contributed by atoms with Crippen molar-refractivity contribution in [3.8, 4) is 17.0 Å². The van der Waals surface area contributed by atoms with Crippen LogP contribution >= 0.6 is 39.9 Å². The summed E-state index contributed by atoms with van der Waals surface area (Å²) < 4.78 is 7.63. The Morgan fingerprint density at radius 1 is 1.15 bits per heavy atom. The molecule has 6 heteroatoms. The minimum absolute atomic E-state index is 0.